The molecule has 5 heteroatoms. The highest BCUT2D eigenvalue weighted by molar-refractivity contribution is 6.42. The van der Waals surface area contributed by atoms with E-state index in [1.165, 1.54) is 0 Å². The van der Waals surface area contributed by atoms with Gasteiger partial charge in [-0.15, -0.1) is 0 Å². The number of benzene rings is 1. The van der Waals surface area contributed by atoms with E-state index in [0.29, 0.717) is 16.5 Å². The lowest BCUT2D eigenvalue weighted by Gasteiger charge is -2.18. The molecule has 1 N–H and O–H groups in total. The number of aryl methyl sites for hydroxylation is 1. The van der Waals surface area contributed by atoms with Gasteiger partial charge in [0.05, 0.1) is 16.1 Å². The van der Waals surface area contributed by atoms with Crippen LogP contribution in [0.5, 0.6) is 0 Å². The Morgan fingerprint density at radius 3 is 2.57 bits per heavy atom. The first-order valence-corrected chi connectivity index (χ1v) is 7.82. The van der Waals surface area contributed by atoms with Crippen molar-refractivity contribution in [2.24, 2.45) is 0 Å². The molecule has 3 nitrogen and oxygen atoms in total. The fourth-order valence-electron chi connectivity index (χ4n) is 2.08. The van der Waals surface area contributed by atoms with Crippen molar-refractivity contribution < 1.29 is 0 Å². The first kappa shape index (κ1) is 16.2. The lowest BCUT2D eigenvalue weighted by molar-refractivity contribution is 0.504. The average molecular weight is 324 g/mol. The maximum atomic E-state index is 6.28. The summed E-state index contributed by atoms with van der Waals surface area (Å²) in [6.45, 7) is 5.01. The maximum Gasteiger partial charge on any atom is 0.145 e. The lowest BCUT2D eigenvalue weighted by atomic mass is 10.0. The highest BCUT2D eigenvalue weighted by Gasteiger charge is 2.16. The topological polar surface area (TPSA) is 37.8 Å². The molecule has 0 amide bonds. The minimum Gasteiger partial charge on any atom is -0.307 e. The summed E-state index contributed by atoms with van der Waals surface area (Å²) in [5.41, 5.74) is 2.05. The molecule has 21 heavy (non-hydrogen) atoms. The van der Waals surface area contributed by atoms with E-state index in [4.69, 9.17) is 23.2 Å². The molecule has 0 fully saturated rings. The molecule has 2 aromatic rings. The molecule has 1 unspecified atom stereocenters. The molecule has 0 radical (unpaired) electrons. The second-order valence-corrected chi connectivity index (χ2v) is 5.83. The van der Waals surface area contributed by atoms with Gasteiger partial charge < -0.3 is 5.32 Å². The predicted molar refractivity (Wildman–Crippen MR) is 88.0 cm³/mol. The Kier molecular flexibility index (Phi) is 5.97. The Bertz CT molecular complexity index is 585. The standard InChI is InChI=1S/C16H19Cl2N3/c1-3-7-19-14(16-20-9-11(2)10-21-16)8-12-5-4-6-13(17)15(12)18/h4-6,9-10,14,19H,3,7-8H2,1-2H3. The lowest BCUT2D eigenvalue weighted by Crippen LogP contribution is -2.26. The van der Waals surface area contributed by atoms with Crippen LogP contribution in [0.15, 0.2) is 30.6 Å². The number of nitrogens with one attached hydrogen (secondary N) is 1. The number of hydrogen-bond acceptors (Lipinski definition) is 3. The largest absolute Gasteiger partial charge is 0.307 e. The summed E-state index contributed by atoms with van der Waals surface area (Å²) in [4.78, 5) is 8.86. The summed E-state index contributed by atoms with van der Waals surface area (Å²) in [5.74, 6) is 0.782. The van der Waals surface area contributed by atoms with Gasteiger partial charge in [0.25, 0.3) is 0 Å². The molecule has 0 bridgehead atoms. The third-order valence-corrected chi connectivity index (χ3v) is 4.07. The van der Waals surface area contributed by atoms with Gasteiger partial charge in [0.2, 0.25) is 0 Å². The summed E-state index contributed by atoms with van der Waals surface area (Å²) in [5, 5.41) is 4.66. The zero-order valence-electron chi connectivity index (χ0n) is 12.2. The molecule has 0 aliphatic carbocycles. The number of hydrogen-bond donors (Lipinski definition) is 1. The van der Waals surface area contributed by atoms with E-state index < -0.39 is 0 Å². The van der Waals surface area contributed by atoms with E-state index in [2.05, 4.69) is 22.2 Å². The molecule has 0 aliphatic heterocycles. The Morgan fingerprint density at radius 2 is 1.90 bits per heavy atom. The van der Waals surface area contributed by atoms with Crippen LogP contribution in [0.25, 0.3) is 0 Å². The Labute approximate surface area is 135 Å². The number of halogens is 2. The number of nitrogens with zero attached hydrogens (tertiary/aromatic N) is 2. The van der Waals surface area contributed by atoms with Crippen molar-refractivity contribution in [3.63, 3.8) is 0 Å². The quantitative estimate of drug-likeness (QED) is 0.857. The Hall–Kier alpha value is -1.16. The molecule has 1 aromatic carbocycles. The van der Waals surface area contributed by atoms with Crippen molar-refractivity contribution >= 4 is 23.2 Å². The Morgan fingerprint density at radius 1 is 1.19 bits per heavy atom. The van der Waals surface area contributed by atoms with Gasteiger partial charge in [-0.05, 0) is 43.5 Å². The summed E-state index contributed by atoms with van der Waals surface area (Å²) in [6.07, 6.45) is 5.43. The van der Waals surface area contributed by atoms with Crippen molar-refractivity contribution in [3.05, 3.63) is 57.6 Å². The summed E-state index contributed by atoms with van der Waals surface area (Å²) in [6, 6.07) is 5.73. The molecule has 0 aliphatic rings. The molecule has 2 rings (SSSR count). The van der Waals surface area contributed by atoms with Crippen LogP contribution < -0.4 is 5.32 Å². The number of aromatic nitrogens is 2. The van der Waals surface area contributed by atoms with Crippen molar-refractivity contribution in [1.29, 1.82) is 0 Å². The summed E-state index contributed by atoms with van der Waals surface area (Å²) >= 11 is 12.4. The van der Waals surface area contributed by atoms with Gasteiger partial charge in [-0.25, -0.2) is 9.97 Å². The molecule has 1 atom stereocenters. The van der Waals surface area contributed by atoms with E-state index in [0.717, 1.165) is 29.9 Å². The van der Waals surface area contributed by atoms with Crippen molar-refractivity contribution in [2.75, 3.05) is 6.54 Å². The zero-order valence-corrected chi connectivity index (χ0v) is 13.7. The molecule has 0 saturated carbocycles. The third kappa shape index (κ3) is 4.40. The fraction of sp³-hybridized carbons (Fsp3) is 0.375. The predicted octanol–water partition coefficient (Wildman–Crippen LogP) is 4.38. The van der Waals surface area contributed by atoms with Gasteiger partial charge in [0.1, 0.15) is 5.82 Å². The van der Waals surface area contributed by atoms with Crippen molar-refractivity contribution in [2.45, 2.75) is 32.7 Å². The summed E-state index contributed by atoms with van der Waals surface area (Å²) in [7, 11) is 0. The zero-order chi connectivity index (χ0) is 15.2. The van der Waals surface area contributed by atoms with Crippen LogP contribution in [-0.2, 0) is 6.42 Å². The Balaban J connectivity index is 2.23. The maximum absolute atomic E-state index is 6.28. The molecule has 1 aromatic heterocycles. The SMILES string of the molecule is CCCNC(Cc1cccc(Cl)c1Cl)c1ncc(C)cn1. The third-order valence-electron chi connectivity index (χ3n) is 3.21. The molecule has 0 saturated heterocycles. The van der Waals surface area contributed by atoms with E-state index in [1.54, 1.807) is 6.07 Å². The van der Waals surface area contributed by atoms with Crippen LogP contribution >= 0.6 is 23.2 Å². The van der Waals surface area contributed by atoms with Crippen molar-refractivity contribution in [3.8, 4) is 0 Å². The van der Waals surface area contributed by atoms with Gasteiger partial charge in [-0.1, -0.05) is 42.3 Å². The van der Waals surface area contributed by atoms with Crippen LogP contribution in [-0.4, -0.2) is 16.5 Å². The van der Waals surface area contributed by atoms with E-state index >= 15 is 0 Å². The van der Waals surface area contributed by atoms with E-state index in [1.807, 2.05) is 31.5 Å². The van der Waals surface area contributed by atoms with Gasteiger partial charge in [-0.3, -0.25) is 0 Å². The minimum atomic E-state index is 0.0292. The van der Waals surface area contributed by atoms with E-state index in [-0.39, 0.29) is 6.04 Å². The normalized spacial score (nSPS) is 12.4. The van der Waals surface area contributed by atoms with Gasteiger partial charge in [0.15, 0.2) is 0 Å². The van der Waals surface area contributed by atoms with Gasteiger partial charge in [0, 0.05) is 12.4 Å². The smallest absolute Gasteiger partial charge is 0.145 e. The number of rotatable bonds is 6. The summed E-state index contributed by atoms with van der Waals surface area (Å²) < 4.78 is 0. The van der Waals surface area contributed by atoms with Crippen LogP contribution in [0.2, 0.25) is 10.0 Å². The molecular weight excluding hydrogens is 305 g/mol. The van der Waals surface area contributed by atoms with Crippen molar-refractivity contribution in [1.82, 2.24) is 15.3 Å². The first-order chi connectivity index (χ1) is 10.1. The van der Waals surface area contributed by atoms with Gasteiger partial charge >= 0.3 is 0 Å². The van der Waals surface area contributed by atoms with Crippen LogP contribution in [0.4, 0.5) is 0 Å². The van der Waals surface area contributed by atoms with Crippen LogP contribution in [0.1, 0.15) is 36.3 Å². The monoisotopic (exact) mass is 323 g/mol. The first-order valence-electron chi connectivity index (χ1n) is 7.06. The molecule has 1 heterocycles. The van der Waals surface area contributed by atoms with Crippen LogP contribution in [0.3, 0.4) is 0 Å². The second kappa shape index (κ2) is 7.74. The van der Waals surface area contributed by atoms with Crippen LogP contribution in [0, 0.1) is 6.92 Å². The highest BCUT2D eigenvalue weighted by atomic mass is 35.5. The average Bonchev–Trinajstić information content (AvgIpc) is 2.49. The second-order valence-electron chi connectivity index (χ2n) is 5.04. The highest BCUT2D eigenvalue weighted by Crippen LogP contribution is 2.28. The minimum absolute atomic E-state index is 0.0292. The molecular formula is C16H19Cl2N3. The molecule has 112 valence electrons. The van der Waals surface area contributed by atoms with E-state index in [9.17, 15) is 0 Å². The molecule has 0 spiro atoms. The van der Waals surface area contributed by atoms with Gasteiger partial charge in [-0.2, -0.15) is 0 Å². The fourth-order valence-corrected chi connectivity index (χ4v) is 2.48.